The van der Waals surface area contributed by atoms with Crippen LogP contribution >= 0.6 is 0 Å². The summed E-state index contributed by atoms with van der Waals surface area (Å²) >= 11 is 0. The standard InChI is InChI=1S/C17H23N3O3/c1-12-8-13(2)10-15(9-12)17(23)18-11-16(22)20-6-4-19(5-7-20)14(3)21/h8-10H,4-7,11H2,1-3H3,(H,18,23). The van der Waals surface area contributed by atoms with E-state index in [1.165, 1.54) is 6.92 Å². The quantitative estimate of drug-likeness (QED) is 0.893. The number of nitrogens with zero attached hydrogens (tertiary/aromatic N) is 2. The Balaban J connectivity index is 1.85. The van der Waals surface area contributed by atoms with Gasteiger partial charge in [-0.1, -0.05) is 17.2 Å². The monoisotopic (exact) mass is 317 g/mol. The highest BCUT2D eigenvalue weighted by atomic mass is 16.2. The second-order valence-corrected chi connectivity index (χ2v) is 5.95. The van der Waals surface area contributed by atoms with Crippen LogP contribution in [0.15, 0.2) is 18.2 Å². The molecule has 0 bridgehead atoms. The predicted molar refractivity (Wildman–Crippen MR) is 87.1 cm³/mol. The highest BCUT2D eigenvalue weighted by Crippen LogP contribution is 2.09. The van der Waals surface area contributed by atoms with E-state index in [4.69, 9.17) is 0 Å². The number of nitrogens with one attached hydrogen (secondary N) is 1. The molecule has 1 aliphatic heterocycles. The lowest BCUT2D eigenvalue weighted by molar-refractivity contribution is -0.137. The average Bonchev–Trinajstić information content (AvgIpc) is 2.51. The fourth-order valence-electron chi connectivity index (χ4n) is 2.75. The normalized spacial score (nSPS) is 14.6. The molecule has 0 spiro atoms. The minimum atomic E-state index is -0.243. The number of hydrogen-bond acceptors (Lipinski definition) is 3. The topological polar surface area (TPSA) is 69.7 Å². The minimum Gasteiger partial charge on any atom is -0.343 e. The zero-order valence-corrected chi connectivity index (χ0v) is 13.9. The van der Waals surface area contributed by atoms with Gasteiger partial charge in [-0.2, -0.15) is 0 Å². The van der Waals surface area contributed by atoms with Crippen LogP contribution in [0.25, 0.3) is 0 Å². The second kappa shape index (κ2) is 7.26. The summed E-state index contributed by atoms with van der Waals surface area (Å²) in [4.78, 5) is 39.0. The third-order valence-electron chi connectivity index (χ3n) is 3.96. The lowest BCUT2D eigenvalue weighted by Crippen LogP contribution is -2.52. The van der Waals surface area contributed by atoms with Crippen LogP contribution in [0.1, 0.15) is 28.4 Å². The fraction of sp³-hybridized carbons (Fsp3) is 0.471. The number of carbonyl (C=O) groups is 3. The number of benzene rings is 1. The molecule has 0 unspecified atom stereocenters. The van der Waals surface area contributed by atoms with Crippen molar-refractivity contribution in [2.75, 3.05) is 32.7 Å². The Hall–Kier alpha value is -2.37. The molecule has 0 atom stereocenters. The highest BCUT2D eigenvalue weighted by Gasteiger charge is 2.22. The number of amides is 3. The van der Waals surface area contributed by atoms with E-state index in [9.17, 15) is 14.4 Å². The molecule has 23 heavy (non-hydrogen) atoms. The van der Waals surface area contributed by atoms with Crippen LogP contribution in [0.4, 0.5) is 0 Å². The number of piperazine rings is 1. The van der Waals surface area contributed by atoms with Crippen molar-refractivity contribution >= 4 is 17.7 Å². The first-order chi connectivity index (χ1) is 10.9. The Morgan fingerprint density at radius 1 is 0.957 bits per heavy atom. The van der Waals surface area contributed by atoms with Gasteiger partial charge in [-0.25, -0.2) is 0 Å². The van der Waals surface area contributed by atoms with Gasteiger partial charge >= 0.3 is 0 Å². The maximum atomic E-state index is 12.2. The molecule has 1 saturated heterocycles. The molecule has 1 fully saturated rings. The highest BCUT2D eigenvalue weighted by molar-refractivity contribution is 5.96. The molecule has 6 heteroatoms. The first-order valence-electron chi connectivity index (χ1n) is 7.76. The molecule has 0 saturated carbocycles. The first-order valence-corrected chi connectivity index (χ1v) is 7.76. The average molecular weight is 317 g/mol. The Kier molecular flexibility index (Phi) is 5.36. The van der Waals surface area contributed by atoms with Crippen molar-refractivity contribution in [3.05, 3.63) is 34.9 Å². The summed E-state index contributed by atoms with van der Waals surface area (Å²) in [5, 5.41) is 2.67. The Labute approximate surface area is 136 Å². The molecular weight excluding hydrogens is 294 g/mol. The molecule has 2 rings (SSSR count). The van der Waals surface area contributed by atoms with E-state index >= 15 is 0 Å². The van der Waals surface area contributed by atoms with Gasteiger partial charge in [0, 0.05) is 38.7 Å². The SMILES string of the molecule is CC(=O)N1CCN(C(=O)CNC(=O)c2cc(C)cc(C)c2)CC1. The smallest absolute Gasteiger partial charge is 0.251 e. The predicted octanol–water partition coefficient (Wildman–Crippen LogP) is 0.724. The van der Waals surface area contributed by atoms with Gasteiger partial charge in [0.15, 0.2) is 0 Å². The van der Waals surface area contributed by atoms with Crippen molar-refractivity contribution in [3.8, 4) is 0 Å². The summed E-state index contributed by atoms with van der Waals surface area (Å²) in [6, 6.07) is 5.60. The van der Waals surface area contributed by atoms with E-state index in [0.29, 0.717) is 31.7 Å². The van der Waals surface area contributed by atoms with E-state index in [1.54, 1.807) is 21.9 Å². The zero-order valence-electron chi connectivity index (χ0n) is 13.9. The molecule has 3 amide bonds. The van der Waals surface area contributed by atoms with Crippen molar-refractivity contribution in [2.45, 2.75) is 20.8 Å². The number of carbonyl (C=O) groups excluding carboxylic acids is 3. The Bertz CT molecular complexity index is 599. The van der Waals surface area contributed by atoms with E-state index in [1.807, 2.05) is 19.9 Å². The van der Waals surface area contributed by atoms with Crippen LogP contribution in [0, 0.1) is 13.8 Å². The summed E-state index contributed by atoms with van der Waals surface area (Å²) < 4.78 is 0. The van der Waals surface area contributed by atoms with Crippen molar-refractivity contribution in [2.24, 2.45) is 0 Å². The summed E-state index contributed by atoms with van der Waals surface area (Å²) in [5.41, 5.74) is 2.60. The molecule has 0 aromatic heterocycles. The van der Waals surface area contributed by atoms with Gasteiger partial charge in [0.1, 0.15) is 0 Å². The molecule has 1 aromatic rings. The van der Waals surface area contributed by atoms with Crippen LogP contribution in [-0.2, 0) is 9.59 Å². The molecule has 0 radical (unpaired) electrons. The molecule has 1 N–H and O–H groups in total. The summed E-state index contributed by atoms with van der Waals surface area (Å²) in [6.07, 6.45) is 0. The summed E-state index contributed by atoms with van der Waals surface area (Å²) in [5.74, 6) is -0.335. The summed E-state index contributed by atoms with van der Waals surface area (Å²) in [7, 11) is 0. The zero-order chi connectivity index (χ0) is 17.0. The third kappa shape index (κ3) is 4.55. The lowest BCUT2D eigenvalue weighted by Gasteiger charge is -2.34. The van der Waals surface area contributed by atoms with Crippen LogP contribution < -0.4 is 5.32 Å². The first kappa shape index (κ1) is 17.0. The molecule has 1 heterocycles. The van der Waals surface area contributed by atoms with E-state index in [0.717, 1.165) is 11.1 Å². The number of hydrogen-bond donors (Lipinski definition) is 1. The number of aryl methyl sites for hydroxylation is 2. The number of rotatable bonds is 3. The Morgan fingerprint density at radius 2 is 1.48 bits per heavy atom. The molecule has 0 aliphatic carbocycles. The lowest BCUT2D eigenvalue weighted by atomic mass is 10.1. The van der Waals surface area contributed by atoms with Gasteiger partial charge in [-0.05, 0) is 26.0 Å². The molecule has 1 aromatic carbocycles. The van der Waals surface area contributed by atoms with Crippen LogP contribution in [0.2, 0.25) is 0 Å². The fourth-order valence-corrected chi connectivity index (χ4v) is 2.75. The molecule has 124 valence electrons. The van der Waals surface area contributed by atoms with Crippen LogP contribution in [-0.4, -0.2) is 60.2 Å². The van der Waals surface area contributed by atoms with E-state index < -0.39 is 0 Å². The van der Waals surface area contributed by atoms with E-state index in [-0.39, 0.29) is 24.3 Å². The van der Waals surface area contributed by atoms with Gasteiger partial charge in [0.05, 0.1) is 6.54 Å². The summed E-state index contributed by atoms with van der Waals surface area (Å²) in [6.45, 7) is 7.49. The molecule has 6 nitrogen and oxygen atoms in total. The van der Waals surface area contributed by atoms with Crippen LogP contribution in [0.3, 0.4) is 0 Å². The maximum absolute atomic E-state index is 12.2. The largest absolute Gasteiger partial charge is 0.343 e. The maximum Gasteiger partial charge on any atom is 0.251 e. The van der Waals surface area contributed by atoms with E-state index in [2.05, 4.69) is 5.32 Å². The van der Waals surface area contributed by atoms with Gasteiger partial charge in [0.2, 0.25) is 11.8 Å². The Morgan fingerprint density at radius 3 is 2.00 bits per heavy atom. The molecular formula is C17H23N3O3. The molecule has 1 aliphatic rings. The second-order valence-electron chi connectivity index (χ2n) is 5.95. The van der Waals surface area contributed by atoms with Crippen molar-refractivity contribution < 1.29 is 14.4 Å². The van der Waals surface area contributed by atoms with Gasteiger partial charge < -0.3 is 15.1 Å². The van der Waals surface area contributed by atoms with Crippen LogP contribution in [0.5, 0.6) is 0 Å². The van der Waals surface area contributed by atoms with Crippen molar-refractivity contribution in [3.63, 3.8) is 0 Å². The minimum absolute atomic E-state index is 0.0219. The third-order valence-corrected chi connectivity index (χ3v) is 3.96. The van der Waals surface area contributed by atoms with Crippen molar-refractivity contribution in [1.82, 2.24) is 15.1 Å². The van der Waals surface area contributed by atoms with Gasteiger partial charge in [-0.3, -0.25) is 14.4 Å². The van der Waals surface area contributed by atoms with Gasteiger partial charge in [-0.15, -0.1) is 0 Å². The van der Waals surface area contributed by atoms with Crippen molar-refractivity contribution in [1.29, 1.82) is 0 Å². The van der Waals surface area contributed by atoms with Gasteiger partial charge in [0.25, 0.3) is 5.91 Å².